The lowest BCUT2D eigenvalue weighted by atomic mass is 9.82. The molecule has 0 aromatic heterocycles. The first-order valence-electron chi connectivity index (χ1n) is 6.87. The average molecular weight is 261 g/mol. The molecule has 0 aliphatic heterocycles. The highest BCUT2D eigenvalue weighted by Crippen LogP contribution is 2.35. The van der Waals surface area contributed by atoms with Crippen LogP contribution in [0.2, 0.25) is 0 Å². The van der Waals surface area contributed by atoms with Crippen molar-refractivity contribution in [3.63, 3.8) is 0 Å². The summed E-state index contributed by atoms with van der Waals surface area (Å²) >= 11 is 0. The lowest BCUT2D eigenvalue weighted by molar-refractivity contribution is -0.248. The highest BCUT2D eigenvalue weighted by Gasteiger charge is 2.29. The number of carbonyl (C=O) groups is 1. The molecule has 1 saturated carbocycles. The molecule has 1 aromatic rings. The molecule has 0 amide bonds. The van der Waals surface area contributed by atoms with Crippen molar-refractivity contribution in [3.8, 4) is 0 Å². The Balaban J connectivity index is 1.87. The Morgan fingerprint density at radius 3 is 2.53 bits per heavy atom. The molecule has 2 unspecified atom stereocenters. The summed E-state index contributed by atoms with van der Waals surface area (Å²) in [6.45, 7) is 6.28. The van der Waals surface area contributed by atoms with Crippen LogP contribution in [0.5, 0.6) is 0 Å². The lowest BCUT2D eigenvalue weighted by Crippen LogP contribution is -2.23. The van der Waals surface area contributed by atoms with Crippen LogP contribution in [-0.4, -0.2) is 5.97 Å². The largest absolute Gasteiger partial charge is 0.373 e. The van der Waals surface area contributed by atoms with Crippen molar-refractivity contribution in [2.24, 2.45) is 11.8 Å². The summed E-state index contributed by atoms with van der Waals surface area (Å²) in [5.41, 5.74) is 1.63. The van der Waals surface area contributed by atoms with Crippen molar-refractivity contribution in [1.29, 1.82) is 0 Å². The molecule has 19 heavy (non-hydrogen) atoms. The minimum absolute atomic E-state index is 0.363. The monoisotopic (exact) mass is 261 g/mol. The van der Waals surface area contributed by atoms with E-state index in [1.165, 1.54) is 6.42 Å². The van der Waals surface area contributed by atoms with Gasteiger partial charge in [0.15, 0.2) is 6.10 Å². The third-order valence-corrected chi connectivity index (χ3v) is 3.70. The van der Waals surface area contributed by atoms with E-state index < -0.39 is 5.97 Å². The predicted molar refractivity (Wildman–Crippen MR) is 73.1 cm³/mol. The van der Waals surface area contributed by atoms with Crippen LogP contribution >= 0.6 is 0 Å². The van der Waals surface area contributed by atoms with Crippen molar-refractivity contribution in [2.45, 2.75) is 40.0 Å². The van der Waals surface area contributed by atoms with Gasteiger partial charge >= 0.3 is 5.97 Å². The van der Waals surface area contributed by atoms with E-state index in [2.05, 4.69) is 13.8 Å². The molecule has 1 fully saturated rings. The first-order chi connectivity index (χ1) is 9.06. The normalized spacial score (nSPS) is 24.2. The third kappa shape index (κ3) is 3.80. The number of hydrogen-bond acceptors (Lipinski definition) is 3. The SMILES string of the molecule is Cc1ccc(C(=O)OO[C]2CC(C)CCC2C)cc1. The van der Waals surface area contributed by atoms with E-state index in [1.54, 1.807) is 12.1 Å². The zero-order chi connectivity index (χ0) is 13.8. The fraction of sp³-hybridized carbons (Fsp3) is 0.500. The molecular weight excluding hydrogens is 240 g/mol. The summed E-state index contributed by atoms with van der Waals surface area (Å²) in [6, 6.07) is 7.27. The molecule has 2 rings (SSSR count). The minimum Gasteiger partial charge on any atom is -0.292 e. The average Bonchev–Trinajstić information content (AvgIpc) is 2.40. The fourth-order valence-corrected chi connectivity index (χ4v) is 2.29. The second-order valence-corrected chi connectivity index (χ2v) is 5.57. The van der Waals surface area contributed by atoms with Gasteiger partial charge in [-0.2, -0.15) is 4.89 Å². The van der Waals surface area contributed by atoms with Crippen LogP contribution < -0.4 is 0 Å². The zero-order valence-electron chi connectivity index (χ0n) is 11.8. The maximum atomic E-state index is 11.8. The highest BCUT2D eigenvalue weighted by molar-refractivity contribution is 5.88. The zero-order valence-corrected chi connectivity index (χ0v) is 11.8. The Hall–Kier alpha value is -1.35. The van der Waals surface area contributed by atoms with Gasteiger partial charge in [-0.05, 0) is 43.7 Å². The molecule has 1 aliphatic carbocycles. The van der Waals surface area contributed by atoms with Crippen LogP contribution in [0, 0.1) is 24.9 Å². The summed E-state index contributed by atoms with van der Waals surface area (Å²) < 4.78 is 0. The maximum Gasteiger partial charge on any atom is 0.373 e. The molecule has 1 aliphatic rings. The summed E-state index contributed by atoms with van der Waals surface area (Å²) in [7, 11) is 0. The van der Waals surface area contributed by atoms with Crippen molar-refractivity contribution < 1.29 is 14.6 Å². The molecule has 0 bridgehead atoms. The Kier molecular flexibility index (Phi) is 4.59. The van der Waals surface area contributed by atoms with E-state index in [0.29, 0.717) is 17.4 Å². The van der Waals surface area contributed by atoms with Gasteiger partial charge in [-0.15, -0.1) is 0 Å². The van der Waals surface area contributed by atoms with E-state index in [-0.39, 0.29) is 0 Å². The Labute approximate surface area is 114 Å². The van der Waals surface area contributed by atoms with Crippen LogP contribution in [0.3, 0.4) is 0 Å². The van der Waals surface area contributed by atoms with Gasteiger partial charge in [0.1, 0.15) is 0 Å². The molecule has 0 spiro atoms. The summed E-state index contributed by atoms with van der Waals surface area (Å²) in [4.78, 5) is 22.1. The smallest absolute Gasteiger partial charge is 0.292 e. The van der Waals surface area contributed by atoms with E-state index >= 15 is 0 Å². The quantitative estimate of drug-likeness (QED) is 0.607. The van der Waals surface area contributed by atoms with Gasteiger partial charge in [0.05, 0.1) is 5.56 Å². The van der Waals surface area contributed by atoms with E-state index in [1.807, 2.05) is 19.1 Å². The Bertz CT molecular complexity index is 424. The summed E-state index contributed by atoms with van der Waals surface area (Å²) in [6.07, 6.45) is 4.07. The van der Waals surface area contributed by atoms with Gasteiger partial charge in [-0.25, -0.2) is 4.79 Å². The standard InChI is InChI=1S/C16H21O3/c1-11-5-8-14(9-6-11)16(17)19-18-15-10-12(2)4-7-13(15)3/h5-6,8-9,12-13H,4,7,10H2,1-3H3. The topological polar surface area (TPSA) is 35.5 Å². The molecule has 2 atom stereocenters. The number of rotatable bonds is 3. The van der Waals surface area contributed by atoms with Gasteiger partial charge in [0.25, 0.3) is 0 Å². The molecule has 3 nitrogen and oxygen atoms in total. The molecule has 0 N–H and O–H groups in total. The van der Waals surface area contributed by atoms with Crippen LogP contribution in [0.15, 0.2) is 24.3 Å². The second-order valence-electron chi connectivity index (χ2n) is 5.57. The Morgan fingerprint density at radius 2 is 1.84 bits per heavy atom. The van der Waals surface area contributed by atoms with Crippen molar-refractivity contribution in [2.75, 3.05) is 0 Å². The Morgan fingerprint density at radius 1 is 1.16 bits per heavy atom. The molecule has 0 saturated heterocycles. The van der Waals surface area contributed by atoms with E-state index in [9.17, 15) is 4.79 Å². The third-order valence-electron chi connectivity index (χ3n) is 3.70. The summed E-state index contributed by atoms with van der Waals surface area (Å²) in [5, 5.41) is 0. The first-order valence-corrected chi connectivity index (χ1v) is 6.87. The molecule has 0 heterocycles. The van der Waals surface area contributed by atoms with Gasteiger partial charge in [-0.3, -0.25) is 4.89 Å². The van der Waals surface area contributed by atoms with Crippen molar-refractivity contribution >= 4 is 5.97 Å². The molecule has 1 radical (unpaired) electrons. The first kappa shape index (κ1) is 14.1. The predicted octanol–water partition coefficient (Wildman–Crippen LogP) is 4.07. The van der Waals surface area contributed by atoms with Gasteiger partial charge in [-0.1, -0.05) is 38.0 Å². The van der Waals surface area contributed by atoms with Crippen molar-refractivity contribution in [3.05, 3.63) is 41.5 Å². The van der Waals surface area contributed by atoms with Crippen molar-refractivity contribution in [1.82, 2.24) is 0 Å². The second kappa shape index (κ2) is 6.20. The number of benzene rings is 1. The van der Waals surface area contributed by atoms with Crippen LogP contribution in [0.1, 0.15) is 49.0 Å². The van der Waals surface area contributed by atoms with Gasteiger partial charge < -0.3 is 0 Å². The van der Waals surface area contributed by atoms with Gasteiger partial charge in [0, 0.05) is 0 Å². The highest BCUT2D eigenvalue weighted by atomic mass is 17.2. The van der Waals surface area contributed by atoms with Crippen LogP contribution in [0.25, 0.3) is 0 Å². The molecule has 3 heteroatoms. The van der Waals surface area contributed by atoms with Gasteiger partial charge in [0.2, 0.25) is 0 Å². The number of carbonyl (C=O) groups excluding carboxylic acids is 1. The maximum absolute atomic E-state index is 11.8. The number of aryl methyl sites for hydroxylation is 1. The minimum atomic E-state index is -0.432. The van der Waals surface area contributed by atoms with Crippen LogP contribution in [-0.2, 0) is 9.78 Å². The van der Waals surface area contributed by atoms with E-state index in [0.717, 1.165) is 24.5 Å². The summed E-state index contributed by atoms with van der Waals surface area (Å²) in [5.74, 6) is 0.532. The molecular formula is C16H21O3. The molecule has 103 valence electrons. The molecule has 1 aromatic carbocycles. The van der Waals surface area contributed by atoms with Crippen LogP contribution in [0.4, 0.5) is 0 Å². The van der Waals surface area contributed by atoms with E-state index in [4.69, 9.17) is 9.78 Å². The lowest BCUT2D eigenvalue weighted by Gasteiger charge is -2.29. The number of hydrogen-bond donors (Lipinski definition) is 0. The fourth-order valence-electron chi connectivity index (χ4n) is 2.29.